The Morgan fingerprint density at radius 2 is 2.05 bits per heavy atom. The van der Waals surface area contributed by atoms with Gasteiger partial charge in [0, 0.05) is 32.3 Å². The minimum atomic E-state index is -0.561. The largest absolute Gasteiger partial charge is 0.392 e. The lowest BCUT2D eigenvalue weighted by Crippen LogP contribution is -2.42. The number of benzene rings is 1. The van der Waals surface area contributed by atoms with Crippen LogP contribution in [0, 0.1) is 0 Å². The van der Waals surface area contributed by atoms with E-state index in [0.29, 0.717) is 18.1 Å². The lowest BCUT2D eigenvalue weighted by molar-refractivity contribution is 0.139. The summed E-state index contributed by atoms with van der Waals surface area (Å²) in [5.74, 6) is 0. The van der Waals surface area contributed by atoms with Crippen molar-refractivity contribution in [1.29, 1.82) is 0 Å². The lowest BCUT2D eigenvalue weighted by atomic mass is 10.0. The molecule has 5 nitrogen and oxygen atoms in total. The van der Waals surface area contributed by atoms with Gasteiger partial charge in [-0.3, -0.25) is 0 Å². The third kappa shape index (κ3) is 6.33. The van der Waals surface area contributed by atoms with Gasteiger partial charge in [-0.1, -0.05) is 23.7 Å². The Morgan fingerprint density at radius 1 is 1.43 bits per heavy atom. The van der Waals surface area contributed by atoms with Gasteiger partial charge in [0.05, 0.1) is 12.1 Å². The van der Waals surface area contributed by atoms with Crippen LogP contribution in [-0.4, -0.2) is 49.5 Å². The van der Waals surface area contributed by atoms with E-state index in [1.165, 1.54) is 4.90 Å². The second-order valence-corrected chi connectivity index (χ2v) is 5.50. The van der Waals surface area contributed by atoms with Crippen LogP contribution in [0.4, 0.5) is 4.79 Å². The van der Waals surface area contributed by atoms with E-state index < -0.39 is 6.10 Å². The number of ether oxygens (including phenoxy) is 1. The van der Waals surface area contributed by atoms with Gasteiger partial charge in [-0.2, -0.15) is 0 Å². The summed E-state index contributed by atoms with van der Waals surface area (Å²) >= 11 is 5.89. The SMILES string of the molecule is COCCC(NC(=O)N(C)CC(C)O)c1ccc(Cl)cc1. The number of methoxy groups -OCH3 is 1. The van der Waals surface area contributed by atoms with Gasteiger partial charge < -0.3 is 20.1 Å². The zero-order chi connectivity index (χ0) is 15.8. The van der Waals surface area contributed by atoms with Crippen LogP contribution < -0.4 is 5.32 Å². The normalized spacial score (nSPS) is 13.6. The molecule has 0 fully saturated rings. The maximum absolute atomic E-state index is 12.1. The number of nitrogens with zero attached hydrogens (tertiary/aromatic N) is 1. The average Bonchev–Trinajstić information content (AvgIpc) is 2.43. The number of aliphatic hydroxyl groups is 1. The third-order valence-corrected chi connectivity index (χ3v) is 3.32. The van der Waals surface area contributed by atoms with Crippen molar-refractivity contribution in [2.75, 3.05) is 27.3 Å². The molecule has 0 radical (unpaired) electrons. The molecule has 1 rings (SSSR count). The first-order valence-corrected chi connectivity index (χ1v) is 7.26. The zero-order valence-electron chi connectivity index (χ0n) is 12.7. The highest BCUT2D eigenvalue weighted by Crippen LogP contribution is 2.19. The van der Waals surface area contributed by atoms with Crippen molar-refractivity contribution in [3.8, 4) is 0 Å². The van der Waals surface area contributed by atoms with Crippen molar-refractivity contribution in [3.05, 3.63) is 34.9 Å². The van der Waals surface area contributed by atoms with Crippen molar-refractivity contribution in [1.82, 2.24) is 10.2 Å². The molecule has 0 bridgehead atoms. The molecular weight excluding hydrogens is 292 g/mol. The van der Waals surface area contributed by atoms with Crippen molar-refractivity contribution in [2.24, 2.45) is 0 Å². The quantitative estimate of drug-likeness (QED) is 0.812. The molecule has 1 aromatic carbocycles. The van der Waals surface area contributed by atoms with Crippen LogP contribution in [0.3, 0.4) is 0 Å². The van der Waals surface area contributed by atoms with Crippen LogP contribution in [0.15, 0.2) is 24.3 Å². The molecule has 0 saturated heterocycles. The molecule has 1 aromatic rings. The maximum Gasteiger partial charge on any atom is 0.317 e. The number of carbonyl (C=O) groups excluding carboxylic acids is 1. The first-order chi connectivity index (χ1) is 9.93. The fourth-order valence-electron chi connectivity index (χ4n) is 1.99. The van der Waals surface area contributed by atoms with E-state index in [9.17, 15) is 9.90 Å². The highest BCUT2D eigenvalue weighted by molar-refractivity contribution is 6.30. The number of aliphatic hydroxyl groups excluding tert-OH is 1. The standard InChI is InChI=1S/C15H23ClN2O3/c1-11(19)10-18(2)15(20)17-14(8-9-21-3)12-4-6-13(16)7-5-12/h4-7,11,14,19H,8-10H2,1-3H3,(H,17,20). The summed E-state index contributed by atoms with van der Waals surface area (Å²) in [6.07, 6.45) is 0.0977. The lowest BCUT2D eigenvalue weighted by Gasteiger charge is -2.24. The highest BCUT2D eigenvalue weighted by Gasteiger charge is 2.17. The molecule has 2 unspecified atom stereocenters. The van der Waals surface area contributed by atoms with E-state index in [0.717, 1.165) is 5.56 Å². The molecule has 0 spiro atoms. The summed E-state index contributed by atoms with van der Waals surface area (Å²) in [5.41, 5.74) is 0.968. The van der Waals surface area contributed by atoms with Crippen LogP contribution in [0.2, 0.25) is 5.02 Å². The number of halogens is 1. The summed E-state index contributed by atoms with van der Waals surface area (Å²) in [6.45, 7) is 2.46. The number of rotatable bonds is 7. The molecule has 0 aliphatic rings. The molecule has 0 aliphatic carbocycles. The van der Waals surface area contributed by atoms with Crippen LogP contribution in [0.25, 0.3) is 0 Å². The second kappa shape index (κ2) is 8.87. The summed E-state index contributed by atoms with van der Waals surface area (Å²) < 4.78 is 5.09. The Balaban J connectivity index is 2.73. The van der Waals surface area contributed by atoms with Crippen LogP contribution >= 0.6 is 11.6 Å². The Kier molecular flexibility index (Phi) is 7.50. The molecule has 21 heavy (non-hydrogen) atoms. The van der Waals surface area contributed by atoms with E-state index >= 15 is 0 Å². The van der Waals surface area contributed by atoms with Gasteiger partial charge in [-0.25, -0.2) is 4.79 Å². The van der Waals surface area contributed by atoms with Crippen LogP contribution in [-0.2, 0) is 4.74 Å². The molecule has 118 valence electrons. The molecule has 0 saturated carbocycles. The van der Waals surface area contributed by atoms with Crippen molar-refractivity contribution < 1.29 is 14.6 Å². The van der Waals surface area contributed by atoms with E-state index in [1.54, 1.807) is 33.2 Å². The number of nitrogens with one attached hydrogen (secondary N) is 1. The number of hydrogen-bond donors (Lipinski definition) is 2. The smallest absolute Gasteiger partial charge is 0.317 e. The average molecular weight is 315 g/mol. The third-order valence-electron chi connectivity index (χ3n) is 3.07. The van der Waals surface area contributed by atoms with Gasteiger partial charge >= 0.3 is 6.03 Å². The minimum Gasteiger partial charge on any atom is -0.392 e. The Hall–Kier alpha value is -1.30. The molecule has 2 amide bonds. The van der Waals surface area contributed by atoms with Gasteiger partial charge in [-0.05, 0) is 31.0 Å². The van der Waals surface area contributed by atoms with E-state index in [4.69, 9.17) is 16.3 Å². The number of carbonyl (C=O) groups is 1. The molecule has 0 aromatic heterocycles. The van der Waals surface area contributed by atoms with Crippen LogP contribution in [0.5, 0.6) is 0 Å². The fraction of sp³-hybridized carbons (Fsp3) is 0.533. The predicted octanol–water partition coefficient (Wildman–Crippen LogP) is 2.44. The summed E-state index contributed by atoms with van der Waals surface area (Å²) in [5, 5.41) is 12.9. The summed E-state index contributed by atoms with van der Waals surface area (Å²) in [6, 6.07) is 6.97. The zero-order valence-corrected chi connectivity index (χ0v) is 13.4. The molecule has 2 N–H and O–H groups in total. The fourth-order valence-corrected chi connectivity index (χ4v) is 2.12. The van der Waals surface area contributed by atoms with Gasteiger partial charge in [0.15, 0.2) is 0 Å². The van der Waals surface area contributed by atoms with E-state index in [-0.39, 0.29) is 18.6 Å². The molecule has 0 aliphatic heterocycles. The van der Waals surface area contributed by atoms with Crippen LogP contribution in [0.1, 0.15) is 24.9 Å². The Labute approximate surface area is 130 Å². The van der Waals surface area contributed by atoms with E-state index in [2.05, 4.69) is 5.32 Å². The second-order valence-electron chi connectivity index (χ2n) is 5.06. The number of likely N-dealkylation sites (N-methyl/N-ethyl adjacent to an activating group) is 1. The van der Waals surface area contributed by atoms with Crippen molar-refractivity contribution >= 4 is 17.6 Å². The van der Waals surface area contributed by atoms with Crippen molar-refractivity contribution in [3.63, 3.8) is 0 Å². The summed E-state index contributed by atoms with van der Waals surface area (Å²) in [4.78, 5) is 13.6. The molecular formula is C15H23ClN2O3. The number of urea groups is 1. The van der Waals surface area contributed by atoms with Gasteiger partial charge in [0.1, 0.15) is 0 Å². The highest BCUT2D eigenvalue weighted by atomic mass is 35.5. The molecule has 2 atom stereocenters. The molecule has 0 heterocycles. The number of amides is 2. The van der Waals surface area contributed by atoms with Gasteiger partial charge in [0.25, 0.3) is 0 Å². The van der Waals surface area contributed by atoms with Gasteiger partial charge in [-0.15, -0.1) is 0 Å². The number of hydrogen-bond acceptors (Lipinski definition) is 3. The Morgan fingerprint density at radius 3 is 2.57 bits per heavy atom. The molecule has 6 heteroatoms. The monoisotopic (exact) mass is 314 g/mol. The minimum absolute atomic E-state index is 0.161. The van der Waals surface area contributed by atoms with Gasteiger partial charge in [0.2, 0.25) is 0 Å². The topological polar surface area (TPSA) is 61.8 Å². The first kappa shape index (κ1) is 17.8. The first-order valence-electron chi connectivity index (χ1n) is 6.88. The predicted molar refractivity (Wildman–Crippen MR) is 83.5 cm³/mol. The summed E-state index contributed by atoms with van der Waals surface area (Å²) in [7, 11) is 3.28. The Bertz CT molecular complexity index is 437. The maximum atomic E-state index is 12.1. The van der Waals surface area contributed by atoms with Crippen molar-refractivity contribution in [2.45, 2.75) is 25.5 Å². The van der Waals surface area contributed by atoms with E-state index in [1.807, 2.05) is 12.1 Å².